The number of nitrogens with zero attached hydrogens (tertiary/aromatic N) is 4. The Balaban J connectivity index is 1.63. The van der Waals surface area contributed by atoms with Crippen LogP contribution in [0.15, 0.2) is 53.7 Å². The van der Waals surface area contributed by atoms with E-state index in [9.17, 15) is 0 Å². The van der Waals surface area contributed by atoms with Crippen molar-refractivity contribution >= 4 is 23.4 Å². The van der Waals surface area contributed by atoms with Gasteiger partial charge in [0.15, 0.2) is 11.0 Å². The number of benzene rings is 2. The van der Waals surface area contributed by atoms with Crippen LogP contribution in [0.25, 0.3) is 0 Å². The maximum atomic E-state index is 9.15. The van der Waals surface area contributed by atoms with Gasteiger partial charge in [-0.25, -0.2) is 0 Å². The molecule has 0 radical (unpaired) electrons. The summed E-state index contributed by atoms with van der Waals surface area (Å²) in [7, 11) is 1.90. The summed E-state index contributed by atoms with van der Waals surface area (Å²) in [6.45, 7) is 0.320. The van der Waals surface area contributed by atoms with Crippen LogP contribution in [0.3, 0.4) is 0 Å². The summed E-state index contributed by atoms with van der Waals surface area (Å²) in [6, 6.07) is 17.0. The molecule has 0 atom stereocenters. The first kappa shape index (κ1) is 17.3. The third-order valence-electron chi connectivity index (χ3n) is 3.60. The highest BCUT2D eigenvalue weighted by atomic mass is 35.5. The summed E-state index contributed by atoms with van der Waals surface area (Å²) in [6.07, 6.45) is 0. The number of hydrogen-bond acceptors (Lipinski definition) is 5. The minimum atomic E-state index is 0.320. The summed E-state index contributed by atoms with van der Waals surface area (Å²) in [4.78, 5) is 0. The van der Waals surface area contributed by atoms with Crippen LogP contribution in [0.2, 0.25) is 5.02 Å². The van der Waals surface area contributed by atoms with Crippen molar-refractivity contribution in [3.05, 3.63) is 70.5 Å². The second-order valence-electron chi connectivity index (χ2n) is 5.26. The number of hydrogen-bond donors (Lipinski definition) is 0. The molecule has 0 saturated heterocycles. The predicted molar refractivity (Wildman–Crippen MR) is 97.5 cm³/mol. The Kier molecular flexibility index (Phi) is 5.59. The molecule has 126 valence electrons. The van der Waals surface area contributed by atoms with Gasteiger partial charge in [0.05, 0.1) is 11.6 Å². The molecule has 1 heterocycles. The average Bonchev–Trinajstić information content (AvgIpc) is 2.99. The lowest BCUT2D eigenvalue weighted by Crippen LogP contribution is -2.04. The van der Waals surface area contributed by atoms with E-state index >= 15 is 0 Å². The van der Waals surface area contributed by atoms with E-state index in [4.69, 9.17) is 21.6 Å². The standard InChI is InChI=1S/C18H15ClN4OS/c1-23-17(11-24-16-8-6-15(19)7-9-16)21-22-18(23)25-12-14-5-3-2-4-13(14)10-20/h2-9H,11-12H2,1H3. The normalized spacial score (nSPS) is 10.4. The number of rotatable bonds is 6. The number of aromatic nitrogens is 3. The fourth-order valence-corrected chi connectivity index (χ4v) is 3.23. The van der Waals surface area contributed by atoms with Gasteiger partial charge in [0.25, 0.3) is 0 Å². The molecule has 2 aromatic carbocycles. The fourth-order valence-electron chi connectivity index (χ4n) is 2.17. The maximum Gasteiger partial charge on any atom is 0.191 e. The van der Waals surface area contributed by atoms with Gasteiger partial charge in [-0.15, -0.1) is 10.2 Å². The molecule has 0 saturated carbocycles. The van der Waals surface area contributed by atoms with E-state index in [1.54, 1.807) is 12.1 Å². The van der Waals surface area contributed by atoms with Gasteiger partial charge in [-0.1, -0.05) is 41.6 Å². The zero-order valence-electron chi connectivity index (χ0n) is 13.5. The van der Waals surface area contributed by atoms with Crippen LogP contribution in [0, 0.1) is 11.3 Å². The molecule has 0 aliphatic carbocycles. The molecule has 0 N–H and O–H groups in total. The molecule has 3 rings (SSSR count). The SMILES string of the molecule is Cn1c(COc2ccc(Cl)cc2)nnc1SCc1ccccc1C#N. The number of ether oxygens (including phenoxy) is 1. The average molecular weight is 371 g/mol. The van der Waals surface area contributed by atoms with Gasteiger partial charge in [0, 0.05) is 17.8 Å². The zero-order chi connectivity index (χ0) is 17.6. The fraction of sp³-hybridized carbons (Fsp3) is 0.167. The van der Waals surface area contributed by atoms with E-state index in [1.807, 2.05) is 48.0 Å². The van der Waals surface area contributed by atoms with Crippen molar-refractivity contribution in [1.82, 2.24) is 14.8 Å². The lowest BCUT2D eigenvalue weighted by atomic mass is 10.1. The molecule has 0 amide bonds. The van der Waals surface area contributed by atoms with Gasteiger partial charge < -0.3 is 9.30 Å². The largest absolute Gasteiger partial charge is 0.486 e. The first-order valence-electron chi connectivity index (χ1n) is 7.55. The molecule has 0 aliphatic rings. The lowest BCUT2D eigenvalue weighted by Gasteiger charge is -2.07. The van der Waals surface area contributed by atoms with E-state index in [2.05, 4.69) is 16.3 Å². The molecule has 0 spiro atoms. The third kappa shape index (κ3) is 4.32. The molecule has 3 aromatic rings. The van der Waals surface area contributed by atoms with E-state index < -0.39 is 0 Å². The van der Waals surface area contributed by atoms with Crippen molar-refractivity contribution in [2.75, 3.05) is 0 Å². The van der Waals surface area contributed by atoms with Gasteiger partial charge in [0.1, 0.15) is 12.4 Å². The van der Waals surface area contributed by atoms with Crippen LogP contribution in [-0.2, 0) is 19.4 Å². The summed E-state index contributed by atoms with van der Waals surface area (Å²) in [5, 5.41) is 19.0. The van der Waals surface area contributed by atoms with E-state index in [-0.39, 0.29) is 0 Å². The highest BCUT2D eigenvalue weighted by Gasteiger charge is 2.11. The highest BCUT2D eigenvalue weighted by molar-refractivity contribution is 7.98. The molecule has 1 aromatic heterocycles. The lowest BCUT2D eigenvalue weighted by molar-refractivity contribution is 0.290. The molecular formula is C18H15ClN4OS. The van der Waals surface area contributed by atoms with Crippen molar-refractivity contribution in [3.8, 4) is 11.8 Å². The summed E-state index contributed by atoms with van der Waals surface area (Å²) < 4.78 is 7.60. The van der Waals surface area contributed by atoms with Crippen molar-refractivity contribution in [2.45, 2.75) is 17.5 Å². The minimum Gasteiger partial charge on any atom is -0.486 e. The Bertz CT molecular complexity index is 902. The van der Waals surface area contributed by atoms with Crippen molar-refractivity contribution in [3.63, 3.8) is 0 Å². The number of thioether (sulfide) groups is 1. The van der Waals surface area contributed by atoms with Crippen LogP contribution in [0.4, 0.5) is 0 Å². The van der Waals surface area contributed by atoms with Crippen molar-refractivity contribution < 1.29 is 4.74 Å². The molecule has 0 unspecified atom stereocenters. The monoisotopic (exact) mass is 370 g/mol. The van der Waals surface area contributed by atoms with Gasteiger partial charge >= 0.3 is 0 Å². The molecule has 0 aliphatic heterocycles. The smallest absolute Gasteiger partial charge is 0.191 e. The van der Waals surface area contributed by atoms with Crippen LogP contribution >= 0.6 is 23.4 Å². The molecule has 7 heteroatoms. The summed E-state index contributed by atoms with van der Waals surface area (Å²) >= 11 is 7.40. The molecular weight excluding hydrogens is 356 g/mol. The molecule has 25 heavy (non-hydrogen) atoms. The Morgan fingerprint density at radius 2 is 1.92 bits per heavy atom. The number of halogens is 1. The topological polar surface area (TPSA) is 63.7 Å². The Morgan fingerprint density at radius 3 is 2.68 bits per heavy atom. The second kappa shape index (κ2) is 8.06. The first-order valence-corrected chi connectivity index (χ1v) is 8.91. The van der Waals surface area contributed by atoms with Gasteiger partial charge in [-0.05, 0) is 35.9 Å². The number of nitriles is 1. The molecule has 5 nitrogen and oxygen atoms in total. The third-order valence-corrected chi connectivity index (χ3v) is 4.92. The molecule has 0 bridgehead atoms. The van der Waals surface area contributed by atoms with Crippen molar-refractivity contribution in [1.29, 1.82) is 5.26 Å². The van der Waals surface area contributed by atoms with Gasteiger partial charge in [0.2, 0.25) is 0 Å². The Labute approximate surface area is 155 Å². The van der Waals surface area contributed by atoms with Crippen LogP contribution in [0.5, 0.6) is 5.75 Å². The van der Waals surface area contributed by atoms with E-state index in [1.165, 1.54) is 11.8 Å². The van der Waals surface area contributed by atoms with Crippen LogP contribution in [0.1, 0.15) is 17.0 Å². The highest BCUT2D eigenvalue weighted by Crippen LogP contribution is 2.23. The minimum absolute atomic E-state index is 0.320. The van der Waals surface area contributed by atoms with E-state index in [0.29, 0.717) is 22.9 Å². The Hall–Kier alpha value is -2.49. The van der Waals surface area contributed by atoms with Crippen LogP contribution < -0.4 is 4.74 Å². The zero-order valence-corrected chi connectivity index (χ0v) is 15.1. The van der Waals surface area contributed by atoms with Crippen LogP contribution in [-0.4, -0.2) is 14.8 Å². The predicted octanol–water partition coefficient (Wildman–Crippen LogP) is 4.21. The maximum absolute atomic E-state index is 9.15. The Morgan fingerprint density at radius 1 is 1.16 bits per heavy atom. The second-order valence-corrected chi connectivity index (χ2v) is 6.64. The van der Waals surface area contributed by atoms with Gasteiger partial charge in [-0.2, -0.15) is 5.26 Å². The summed E-state index contributed by atoms with van der Waals surface area (Å²) in [5.41, 5.74) is 1.67. The van der Waals surface area contributed by atoms with Gasteiger partial charge in [-0.3, -0.25) is 0 Å². The summed E-state index contributed by atoms with van der Waals surface area (Å²) in [5.74, 6) is 2.11. The molecule has 0 fully saturated rings. The first-order chi connectivity index (χ1) is 12.2. The van der Waals surface area contributed by atoms with E-state index in [0.717, 1.165) is 22.3 Å². The quantitative estimate of drug-likeness (QED) is 0.608. The van der Waals surface area contributed by atoms with Crippen molar-refractivity contribution in [2.24, 2.45) is 7.05 Å².